The SMILES string of the molecule is CCC(CC)C(=O)NCCCCCc1nc2ccccc2n1CCCOc1ccc(C)cc1C. The molecular formula is C29H41N3O2. The first-order valence-corrected chi connectivity index (χ1v) is 12.9. The van der Waals surface area contributed by atoms with Crippen molar-refractivity contribution in [3.8, 4) is 5.75 Å². The van der Waals surface area contributed by atoms with Crippen molar-refractivity contribution in [2.24, 2.45) is 5.92 Å². The molecule has 184 valence electrons. The molecule has 3 aromatic rings. The minimum absolute atomic E-state index is 0.152. The second-order valence-electron chi connectivity index (χ2n) is 9.25. The zero-order valence-corrected chi connectivity index (χ0v) is 21.4. The lowest BCUT2D eigenvalue weighted by Crippen LogP contribution is -2.30. The summed E-state index contributed by atoms with van der Waals surface area (Å²) in [5.41, 5.74) is 4.70. The Morgan fingerprint density at radius 2 is 1.82 bits per heavy atom. The Labute approximate surface area is 204 Å². The number of aryl methyl sites for hydroxylation is 4. The van der Waals surface area contributed by atoms with E-state index in [0.717, 1.165) is 75.1 Å². The van der Waals surface area contributed by atoms with Crippen LogP contribution in [0, 0.1) is 19.8 Å². The lowest BCUT2D eigenvalue weighted by atomic mass is 10.0. The van der Waals surface area contributed by atoms with E-state index in [0.29, 0.717) is 6.61 Å². The summed E-state index contributed by atoms with van der Waals surface area (Å²) in [4.78, 5) is 17.0. The van der Waals surface area contributed by atoms with Crippen LogP contribution in [0.15, 0.2) is 42.5 Å². The number of unbranched alkanes of at least 4 members (excludes halogenated alkanes) is 2. The van der Waals surface area contributed by atoms with Crippen LogP contribution in [-0.4, -0.2) is 28.6 Å². The fourth-order valence-electron chi connectivity index (χ4n) is 4.53. The number of nitrogens with zero attached hydrogens (tertiary/aromatic N) is 2. The third-order valence-corrected chi connectivity index (χ3v) is 6.58. The number of carbonyl (C=O) groups is 1. The molecule has 3 rings (SSSR count). The number of benzene rings is 2. The molecule has 5 heteroatoms. The van der Waals surface area contributed by atoms with Crippen molar-refractivity contribution in [1.29, 1.82) is 0 Å². The molecule has 1 aromatic heterocycles. The van der Waals surface area contributed by atoms with Crippen LogP contribution in [0.1, 0.15) is 69.3 Å². The maximum Gasteiger partial charge on any atom is 0.223 e. The summed E-state index contributed by atoms with van der Waals surface area (Å²) < 4.78 is 8.41. The Bertz CT molecular complexity index is 1050. The highest BCUT2D eigenvalue weighted by molar-refractivity contribution is 5.78. The zero-order valence-electron chi connectivity index (χ0n) is 21.4. The van der Waals surface area contributed by atoms with E-state index in [2.05, 4.69) is 80.0 Å². The largest absolute Gasteiger partial charge is 0.493 e. The van der Waals surface area contributed by atoms with Crippen molar-refractivity contribution in [3.63, 3.8) is 0 Å². The maximum absolute atomic E-state index is 12.1. The number of hydrogen-bond donors (Lipinski definition) is 1. The predicted octanol–water partition coefficient (Wildman–Crippen LogP) is 6.39. The van der Waals surface area contributed by atoms with Gasteiger partial charge in [0.25, 0.3) is 0 Å². The first kappa shape index (κ1) is 25.8. The Balaban J connectivity index is 1.49. The number of ether oxygens (including phenoxy) is 1. The van der Waals surface area contributed by atoms with Crippen LogP contribution >= 0.6 is 0 Å². The van der Waals surface area contributed by atoms with Gasteiger partial charge in [-0.3, -0.25) is 4.79 Å². The van der Waals surface area contributed by atoms with E-state index in [4.69, 9.17) is 9.72 Å². The van der Waals surface area contributed by atoms with E-state index in [1.165, 1.54) is 16.6 Å². The van der Waals surface area contributed by atoms with E-state index < -0.39 is 0 Å². The third kappa shape index (κ3) is 7.09. The van der Waals surface area contributed by atoms with Gasteiger partial charge in [0, 0.05) is 25.4 Å². The number of hydrogen-bond acceptors (Lipinski definition) is 3. The molecule has 0 atom stereocenters. The Morgan fingerprint density at radius 1 is 1.03 bits per heavy atom. The number of imidazole rings is 1. The molecule has 1 heterocycles. The van der Waals surface area contributed by atoms with Crippen LogP contribution in [0.5, 0.6) is 5.75 Å². The summed E-state index contributed by atoms with van der Waals surface area (Å²) >= 11 is 0. The Kier molecular flexibility index (Phi) is 9.99. The molecule has 0 saturated heterocycles. The minimum atomic E-state index is 0.152. The van der Waals surface area contributed by atoms with Crippen molar-refractivity contribution < 1.29 is 9.53 Å². The van der Waals surface area contributed by atoms with Crippen LogP contribution in [0.3, 0.4) is 0 Å². The third-order valence-electron chi connectivity index (χ3n) is 6.58. The number of amides is 1. The molecule has 0 aliphatic carbocycles. The average Bonchev–Trinajstić information content (AvgIpc) is 3.18. The summed E-state index contributed by atoms with van der Waals surface area (Å²) in [6.07, 6.45) is 6.87. The molecule has 5 nitrogen and oxygen atoms in total. The summed E-state index contributed by atoms with van der Waals surface area (Å²) in [6.45, 7) is 10.7. The molecule has 2 aromatic carbocycles. The molecule has 0 unspecified atom stereocenters. The number of nitrogens with one attached hydrogen (secondary N) is 1. The molecule has 0 fully saturated rings. The molecule has 1 N–H and O–H groups in total. The van der Waals surface area contributed by atoms with Crippen LogP contribution < -0.4 is 10.1 Å². The zero-order chi connectivity index (χ0) is 24.3. The fourth-order valence-corrected chi connectivity index (χ4v) is 4.53. The first-order chi connectivity index (χ1) is 16.5. The molecular weight excluding hydrogens is 422 g/mol. The van der Waals surface area contributed by atoms with Crippen molar-refractivity contribution in [2.45, 2.75) is 79.2 Å². The lowest BCUT2D eigenvalue weighted by molar-refractivity contribution is -0.125. The lowest BCUT2D eigenvalue weighted by Gasteiger charge is -2.13. The average molecular weight is 464 g/mol. The normalized spacial score (nSPS) is 11.3. The topological polar surface area (TPSA) is 56.2 Å². The van der Waals surface area contributed by atoms with Crippen molar-refractivity contribution >= 4 is 16.9 Å². The monoisotopic (exact) mass is 463 g/mol. The predicted molar refractivity (Wildman–Crippen MR) is 140 cm³/mol. The van der Waals surface area contributed by atoms with Gasteiger partial charge in [0.2, 0.25) is 5.91 Å². The van der Waals surface area contributed by atoms with Crippen LogP contribution in [0.4, 0.5) is 0 Å². The number of fused-ring (bicyclic) bond motifs is 1. The van der Waals surface area contributed by atoms with Gasteiger partial charge in [0.15, 0.2) is 0 Å². The second-order valence-corrected chi connectivity index (χ2v) is 9.25. The number of rotatable bonds is 14. The van der Waals surface area contributed by atoms with Gasteiger partial charge in [-0.15, -0.1) is 0 Å². The molecule has 0 aliphatic heterocycles. The molecule has 0 spiro atoms. The molecule has 0 bridgehead atoms. The van der Waals surface area contributed by atoms with Gasteiger partial charge in [-0.2, -0.15) is 0 Å². The highest BCUT2D eigenvalue weighted by Crippen LogP contribution is 2.21. The molecule has 1 amide bonds. The number of aromatic nitrogens is 2. The van der Waals surface area contributed by atoms with E-state index in [1.54, 1.807) is 0 Å². The highest BCUT2D eigenvalue weighted by Gasteiger charge is 2.13. The Hall–Kier alpha value is -2.82. The van der Waals surface area contributed by atoms with Gasteiger partial charge >= 0.3 is 0 Å². The molecule has 0 radical (unpaired) electrons. The van der Waals surface area contributed by atoms with Crippen LogP contribution in [0.25, 0.3) is 11.0 Å². The summed E-state index contributed by atoms with van der Waals surface area (Å²) in [6, 6.07) is 14.7. The van der Waals surface area contributed by atoms with E-state index in [9.17, 15) is 4.79 Å². The van der Waals surface area contributed by atoms with Gasteiger partial charge in [-0.1, -0.05) is 50.1 Å². The number of carbonyl (C=O) groups excluding carboxylic acids is 1. The summed E-state index contributed by atoms with van der Waals surface area (Å²) in [7, 11) is 0. The summed E-state index contributed by atoms with van der Waals surface area (Å²) in [5, 5.41) is 3.10. The standard InChI is InChI=1S/C29H41N3O2/c1-5-24(6-2)29(33)30-18-11-7-8-15-28-31-25-13-9-10-14-26(25)32(28)19-12-20-34-27-17-16-22(3)21-23(27)4/h9-10,13-14,16-17,21,24H,5-8,11-12,15,18-20H2,1-4H3,(H,30,33). The quantitative estimate of drug-likeness (QED) is 0.282. The van der Waals surface area contributed by atoms with Gasteiger partial charge in [0.1, 0.15) is 11.6 Å². The van der Waals surface area contributed by atoms with Crippen molar-refractivity contribution in [2.75, 3.05) is 13.2 Å². The van der Waals surface area contributed by atoms with E-state index in [-0.39, 0.29) is 11.8 Å². The van der Waals surface area contributed by atoms with Gasteiger partial charge < -0.3 is 14.6 Å². The highest BCUT2D eigenvalue weighted by atomic mass is 16.5. The molecule has 0 aliphatic rings. The Morgan fingerprint density at radius 3 is 2.59 bits per heavy atom. The van der Waals surface area contributed by atoms with Gasteiger partial charge in [-0.05, 0) is 69.7 Å². The first-order valence-electron chi connectivity index (χ1n) is 12.9. The maximum atomic E-state index is 12.1. The number of para-hydroxylation sites is 2. The van der Waals surface area contributed by atoms with Gasteiger partial charge in [-0.25, -0.2) is 4.98 Å². The van der Waals surface area contributed by atoms with Gasteiger partial charge in [0.05, 0.1) is 17.6 Å². The van der Waals surface area contributed by atoms with Crippen molar-refractivity contribution in [1.82, 2.24) is 14.9 Å². The molecule has 34 heavy (non-hydrogen) atoms. The minimum Gasteiger partial charge on any atom is -0.493 e. The fraction of sp³-hybridized carbons (Fsp3) is 0.517. The second kappa shape index (κ2) is 13.2. The molecule has 0 saturated carbocycles. The smallest absolute Gasteiger partial charge is 0.223 e. The van der Waals surface area contributed by atoms with Crippen LogP contribution in [0.2, 0.25) is 0 Å². The van der Waals surface area contributed by atoms with E-state index in [1.807, 2.05) is 0 Å². The van der Waals surface area contributed by atoms with Crippen LogP contribution in [-0.2, 0) is 17.8 Å². The summed E-state index contributed by atoms with van der Waals surface area (Å²) in [5.74, 6) is 2.47. The van der Waals surface area contributed by atoms with E-state index >= 15 is 0 Å². The van der Waals surface area contributed by atoms with Crippen molar-refractivity contribution in [3.05, 3.63) is 59.4 Å².